The van der Waals surface area contributed by atoms with Crippen LogP contribution < -0.4 is 14.9 Å². The van der Waals surface area contributed by atoms with Gasteiger partial charge in [-0.25, -0.2) is 5.43 Å². The fourth-order valence-electron chi connectivity index (χ4n) is 2.11. The highest BCUT2D eigenvalue weighted by atomic mass is 35.5. The Morgan fingerprint density at radius 2 is 2.11 bits per heavy atom. The number of ether oxygens (including phenoxy) is 2. The minimum absolute atomic E-state index is 0.0847. The number of halogens is 1. The largest absolute Gasteiger partial charge is 0.500 e. The molecule has 2 aromatic rings. The predicted molar refractivity (Wildman–Crippen MR) is 98.7 cm³/mol. The van der Waals surface area contributed by atoms with Crippen molar-refractivity contribution >= 4 is 29.4 Å². The molecule has 10 heteroatoms. The van der Waals surface area contributed by atoms with Gasteiger partial charge in [0.1, 0.15) is 5.75 Å². The second-order valence-corrected chi connectivity index (χ2v) is 5.78. The smallest absolute Gasteiger partial charge is 0.315 e. The Kier molecular flexibility index (Phi) is 6.56. The fourth-order valence-corrected chi connectivity index (χ4v) is 2.34. The predicted octanol–water partition coefficient (Wildman–Crippen LogP) is 2.80. The summed E-state index contributed by atoms with van der Waals surface area (Å²) < 4.78 is 10.3. The summed E-state index contributed by atoms with van der Waals surface area (Å²) in [5.74, 6) is -0.688. The molecule has 0 aliphatic heterocycles. The summed E-state index contributed by atoms with van der Waals surface area (Å²) in [5, 5.41) is 24.9. The number of nitrogens with zero attached hydrogens (tertiary/aromatic N) is 2. The summed E-state index contributed by atoms with van der Waals surface area (Å²) in [6.07, 6.45) is 1.18. The Balaban J connectivity index is 1.99. The van der Waals surface area contributed by atoms with Crippen LogP contribution in [0.3, 0.4) is 0 Å². The molecule has 2 aromatic carbocycles. The number of hydrazone groups is 1. The first-order chi connectivity index (χ1) is 12.8. The molecule has 0 spiro atoms. The average molecular weight is 394 g/mol. The molecular weight excluding hydrogens is 378 g/mol. The Bertz CT molecular complexity index is 900. The van der Waals surface area contributed by atoms with E-state index < -0.39 is 22.3 Å². The minimum Gasteiger partial charge on any atom is -0.500 e. The number of hydrogen-bond acceptors (Lipinski definition) is 7. The lowest BCUT2D eigenvalue weighted by Crippen LogP contribution is -2.24. The Hall–Kier alpha value is -3.33. The summed E-state index contributed by atoms with van der Waals surface area (Å²) in [6.45, 7) is 1.52. The number of nitro groups is 1. The Morgan fingerprint density at radius 1 is 1.37 bits per heavy atom. The summed E-state index contributed by atoms with van der Waals surface area (Å²) in [7, 11) is 1.26. The number of nitrogens with one attached hydrogen (secondary N) is 1. The third-order valence-corrected chi connectivity index (χ3v) is 3.63. The molecule has 0 aromatic heterocycles. The molecule has 0 aliphatic carbocycles. The van der Waals surface area contributed by atoms with Crippen molar-refractivity contribution in [3.63, 3.8) is 0 Å². The van der Waals surface area contributed by atoms with Gasteiger partial charge in [0.15, 0.2) is 12.4 Å². The van der Waals surface area contributed by atoms with E-state index in [1.54, 1.807) is 25.1 Å². The van der Waals surface area contributed by atoms with Crippen LogP contribution in [0.2, 0.25) is 5.02 Å². The highest BCUT2D eigenvalue weighted by molar-refractivity contribution is 6.30. The van der Waals surface area contributed by atoms with Crippen LogP contribution in [0.5, 0.6) is 17.2 Å². The highest BCUT2D eigenvalue weighted by Gasteiger charge is 2.19. The summed E-state index contributed by atoms with van der Waals surface area (Å²) >= 11 is 5.85. The summed E-state index contributed by atoms with van der Waals surface area (Å²) in [4.78, 5) is 22.0. The number of aryl methyl sites for hydroxylation is 1. The van der Waals surface area contributed by atoms with Crippen molar-refractivity contribution < 1.29 is 24.3 Å². The molecule has 0 heterocycles. The number of aromatic hydroxyl groups is 1. The first kappa shape index (κ1) is 20.0. The average Bonchev–Trinajstić information content (AvgIpc) is 2.61. The summed E-state index contributed by atoms with van der Waals surface area (Å²) in [5.41, 5.74) is 2.74. The van der Waals surface area contributed by atoms with Crippen molar-refractivity contribution in [2.24, 2.45) is 5.10 Å². The van der Waals surface area contributed by atoms with Gasteiger partial charge in [-0.05, 0) is 36.8 Å². The SMILES string of the molecule is COc1cc(/C=N/NC(=O)COc2ccc(Cl)cc2C)cc([N+](=O)[O-])c1O. The van der Waals surface area contributed by atoms with Gasteiger partial charge in [0.25, 0.3) is 5.91 Å². The van der Waals surface area contributed by atoms with Crippen molar-refractivity contribution in [1.29, 1.82) is 0 Å². The van der Waals surface area contributed by atoms with Crippen LogP contribution in [-0.4, -0.2) is 35.9 Å². The second kappa shape index (κ2) is 8.86. The van der Waals surface area contributed by atoms with Crippen molar-refractivity contribution in [1.82, 2.24) is 5.43 Å². The third-order valence-electron chi connectivity index (χ3n) is 3.39. The van der Waals surface area contributed by atoms with Gasteiger partial charge in [-0.3, -0.25) is 14.9 Å². The van der Waals surface area contributed by atoms with Crippen LogP contribution in [0.4, 0.5) is 5.69 Å². The number of methoxy groups -OCH3 is 1. The van der Waals surface area contributed by atoms with Crippen LogP contribution >= 0.6 is 11.6 Å². The minimum atomic E-state index is -0.754. The van der Waals surface area contributed by atoms with Crippen LogP contribution in [0.15, 0.2) is 35.4 Å². The number of hydrogen-bond donors (Lipinski definition) is 2. The van der Waals surface area contributed by atoms with Gasteiger partial charge in [-0.2, -0.15) is 5.10 Å². The zero-order valence-corrected chi connectivity index (χ0v) is 15.2. The molecule has 0 bridgehead atoms. The third kappa shape index (κ3) is 5.32. The van der Waals surface area contributed by atoms with E-state index in [2.05, 4.69) is 10.5 Å². The summed E-state index contributed by atoms with van der Waals surface area (Å²) in [6, 6.07) is 7.44. The molecule has 0 aliphatic rings. The molecule has 2 N–H and O–H groups in total. The quantitative estimate of drug-likeness (QED) is 0.423. The second-order valence-electron chi connectivity index (χ2n) is 5.34. The lowest BCUT2D eigenvalue weighted by atomic mass is 10.2. The van der Waals surface area contributed by atoms with Crippen molar-refractivity contribution in [3.05, 3.63) is 56.6 Å². The number of rotatable bonds is 7. The lowest BCUT2D eigenvalue weighted by molar-refractivity contribution is -0.386. The molecule has 27 heavy (non-hydrogen) atoms. The molecule has 142 valence electrons. The maximum atomic E-state index is 11.8. The maximum Gasteiger partial charge on any atom is 0.315 e. The van der Waals surface area contributed by atoms with Crippen LogP contribution in [0.25, 0.3) is 0 Å². The molecule has 0 unspecified atom stereocenters. The maximum absolute atomic E-state index is 11.8. The zero-order chi connectivity index (χ0) is 20.0. The fraction of sp³-hybridized carbons (Fsp3) is 0.176. The van der Waals surface area contributed by atoms with Crippen molar-refractivity contribution in [2.75, 3.05) is 13.7 Å². The van der Waals surface area contributed by atoms with Crippen molar-refractivity contribution in [3.8, 4) is 17.2 Å². The number of phenols is 1. The van der Waals surface area contributed by atoms with Gasteiger partial charge in [0.2, 0.25) is 5.75 Å². The molecular formula is C17H16ClN3O6. The molecule has 9 nitrogen and oxygen atoms in total. The lowest BCUT2D eigenvalue weighted by Gasteiger charge is -2.08. The van der Waals surface area contributed by atoms with Gasteiger partial charge < -0.3 is 14.6 Å². The first-order valence-electron chi connectivity index (χ1n) is 7.58. The van der Waals surface area contributed by atoms with E-state index >= 15 is 0 Å². The van der Waals surface area contributed by atoms with Crippen molar-refractivity contribution in [2.45, 2.75) is 6.92 Å². The van der Waals surface area contributed by atoms with Crippen LogP contribution in [-0.2, 0) is 4.79 Å². The zero-order valence-electron chi connectivity index (χ0n) is 14.4. The first-order valence-corrected chi connectivity index (χ1v) is 7.96. The molecule has 0 fully saturated rings. The van der Waals surface area contributed by atoms with Gasteiger partial charge in [-0.15, -0.1) is 0 Å². The molecule has 0 saturated carbocycles. The molecule has 0 radical (unpaired) electrons. The number of carbonyl (C=O) groups excluding carboxylic acids is 1. The van der Waals surface area contributed by atoms with Gasteiger partial charge >= 0.3 is 5.69 Å². The van der Waals surface area contributed by atoms with Gasteiger partial charge in [0.05, 0.1) is 18.2 Å². The van der Waals surface area contributed by atoms with E-state index in [0.29, 0.717) is 10.8 Å². The highest BCUT2D eigenvalue weighted by Crippen LogP contribution is 2.36. The number of benzene rings is 2. The number of carbonyl (C=O) groups is 1. The molecule has 0 atom stereocenters. The van der Waals surface area contributed by atoms with E-state index in [1.807, 2.05) is 0 Å². The standard InChI is InChI=1S/C17H16ClN3O6/c1-10-5-12(18)3-4-14(10)27-9-16(22)20-19-8-11-6-13(21(24)25)17(23)15(7-11)26-2/h3-8,23H,9H2,1-2H3,(H,20,22)/b19-8+. The van der Waals surface area contributed by atoms with Gasteiger partial charge in [0, 0.05) is 16.7 Å². The van der Waals surface area contributed by atoms with Crippen LogP contribution in [0, 0.1) is 17.0 Å². The van der Waals surface area contributed by atoms with Gasteiger partial charge in [-0.1, -0.05) is 11.6 Å². The van der Waals surface area contributed by atoms with E-state index in [1.165, 1.54) is 19.4 Å². The molecule has 2 rings (SSSR count). The Morgan fingerprint density at radius 3 is 2.74 bits per heavy atom. The number of phenolic OH excluding ortho intramolecular Hbond substituents is 1. The number of amides is 1. The molecule has 0 saturated heterocycles. The number of nitro benzene ring substituents is 1. The van der Waals surface area contributed by atoms with E-state index in [-0.39, 0.29) is 17.9 Å². The van der Waals surface area contributed by atoms with E-state index in [0.717, 1.165) is 11.6 Å². The Labute approximate surface area is 159 Å². The topological polar surface area (TPSA) is 123 Å². The van der Waals surface area contributed by atoms with E-state index in [9.17, 15) is 20.0 Å². The van der Waals surface area contributed by atoms with E-state index in [4.69, 9.17) is 21.1 Å². The monoisotopic (exact) mass is 393 g/mol. The molecule has 1 amide bonds. The van der Waals surface area contributed by atoms with Crippen LogP contribution in [0.1, 0.15) is 11.1 Å². The normalized spacial score (nSPS) is 10.6.